The van der Waals surface area contributed by atoms with Gasteiger partial charge in [-0.15, -0.1) is 9.15 Å². The van der Waals surface area contributed by atoms with Crippen LogP contribution in [0.4, 0.5) is 29.2 Å². The molecule has 0 radical (unpaired) electrons. The Bertz CT molecular complexity index is 2990. The maximum Gasteiger partial charge on any atom is 0.402 e. The van der Waals surface area contributed by atoms with Crippen molar-refractivity contribution < 1.29 is 26.7 Å². The van der Waals surface area contributed by atoms with E-state index in [1.807, 2.05) is 72.8 Å². The van der Waals surface area contributed by atoms with E-state index >= 15 is 0 Å². The summed E-state index contributed by atoms with van der Waals surface area (Å²) in [6.45, 7) is 42.0. The van der Waals surface area contributed by atoms with Gasteiger partial charge >= 0.3 is 5.91 Å². The molecule has 77 heavy (non-hydrogen) atoms. The second-order valence-electron chi connectivity index (χ2n) is 25.6. The van der Waals surface area contributed by atoms with Gasteiger partial charge in [0.2, 0.25) is 11.3 Å². The lowest BCUT2D eigenvalue weighted by Gasteiger charge is -2.41. The van der Waals surface area contributed by atoms with Crippen LogP contribution in [0.15, 0.2) is 166 Å². The molecule has 8 heterocycles. The van der Waals surface area contributed by atoms with E-state index in [9.17, 15) is 17.6 Å². The van der Waals surface area contributed by atoms with E-state index in [2.05, 4.69) is 129 Å². The van der Waals surface area contributed by atoms with Crippen LogP contribution in [0.3, 0.4) is 0 Å². The number of aryl methyl sites for hydroxylation is 4. The minimum Gasteiger partial charge on any atom is -0.212 e. The Morgan fingerprint density at radius 1 is 0.338 bits per heavy atom. The molecule has 6 aliphatic heterocycles. The van der Waals surface area contributed by atoms with Crippen LogP contribution in [0, 0.1) is 72.6 Å². The number of hydrogen-bond acceptors (Lipinski definition) is 4. The van der Waals surface area contributed by atoms with Crippen molar-refractivity contribution in [3.63, 3.8) is 0 Å². The van der Waals surface area contributed by atoms with Gasteiger partial charge in [0, 0.05) is 36.4 Å². The Kier molecular flexibility index (Phi) is 21.0. The summed E-state index contributed by atoms with van der Waals surface area (Å²) in [5, 5.41) is 0. The largest absolute Gasteiger partial charge is 0.402 e. The molecule has 1 unspecified atom stereocenters. The van der Waals surface area contributed by atoms with E-state index in [-0.39, 0.29) is 23.3 Å². The average molecular weight is 1050 g/mol. The smallest absolute Gasteiger partial charge is 0.212 e. The number of amidine groups is 4. The molecule has 4 aromatic carbocycles. The Labute approximate surface area is 457 Å². The summed E-state index contributed by atoms with van der Waals surface area (Å²) in [7, 11) is 0. The first-order chi connectivity index (χ1) is 35.6. The van der Waals surface area contributed by atoms with Crippen LogP contribution in [0.5, 0.6) is 0 Å². The molecule has 12 heteroatoms. The highest BCUT2D eigenvalue weighted by atomic mass is 19.1. The average Bonchev–Trinajstić information content (AvgIpc) is 4.12. The van der Waals surface area contributed by atoms with Crippen molar-refractivity contribution in [2.45, 2.75) is 144 Å². The van der Waals surface area contributed by atoms with E-state index in [1.165, 1.54) is 24.3 Å². The quantitative estimate of drug-likeness (QED) is 0.107. The number of rotatable bonds is 0. The van der Waals surface area contributed by atoms with Crippen LogP contribution in [0.1, 0.15) is 133 Å². The number of halogens is 4. The Morgan fingerprint density at radius 3 is 0.909 bits per heavy atom. The first kappa shape index (κ1) is 62.5. The molecule has 410 valence electrons. The second-order valence-corrected chi connectivity index (χ2v) is 25.6. The third kappa shape index (κ3) is 18.6. The number of nitrogens with zero attached hydrogens (tertiary/aromatic N) is 8. The number of aliphatic imine (C=N–C) groups is 2. The van der Waals surface area contributed by atoms with Crippen molar-refractivity contribution in [1.29, 1.82) is 0 Å². The van der Waals surface area contributed by atoms with Crippen LogP contribution < -0.4 is 11.0 Å². The standard InChI is InChI=1S/C17H8N8.4C7H7F.4C5H12/c1-2-10-19-12-5-6-14-21-16-8-7-15-20-13-4-3-11-18-9(1)22(10)17(23(11)13,24(12)14)25(15)16;4*1-6-4-2-3-5-7(6)8;4*1-5(2,3)4/h1-8H;4*2-5H,1H3;4*1-4H3/q+2;;;;;;;;. The number of aromatic nitrogens is 2. The molecule has 12 rings (SSSR count). The zero-order valence-corrected chi connectivity index (χ0v) is 49.4. The van der Waals surface area contributed by atoms with Crippen LogP contribution in [-0.2, 0) is 5.91 Å². The zero-order valence-electron chi connectivity index (χ0n) is 49.4. The predicted octanol–water partition coefficient (Wildman–Crippen LogP) is 16.5. The van der Waals surface area contributed by atoms with Crippen molar-refractivity contribution in [2.75, 3.05) is 0 Å². The van der Waals surface area contributed by atoms with Gasteiger partial charge in [-0.3, -0.25) is 0 Å². The fourth-order valence-electron chi connectivity index (χ4n) is 6.86. The van der Waals surface area contributed by atoms with Crippen molar-refractivity contribution >= 4 is 35.0 Å². The lowest BCUT2D eigenvalue weighted by Crippen LogP contribution is -2.71. The number of hydrogen-bond donors (Lipinski definition) is 0. The van der Waals surface area contributed by atoms with Crippen LogP contribution in [-0.4, -0.2) is 41.6 Å². The summed E-state index contributed by atoms with van der Waals surface area (Å²) in [6, 6.07) is 34.9. The van der Waals surface area contributed by atoms with E-state index < -0.39 is 5.91 Å². The topological polar surface area (TPSA) is 65.3 Å². The molecule has 6 aromatic rings. The van der Waals surface area contributed by atoms with Crippen LogP contribution in [0.2, 0.25) is 0 Å². The van der Waals surface area contributed by atoms with Crippen molar-refractivity contribution in [3.8, 4) is 0 Å². The third-order valence-electron chi connectivity index (χ3n) is 9.78. The normalized spacial score (nSPS) is 15.7. The summed E-state index contributed by atoms with van der Waals surface area (Å²) in [6.07, 6.45) is 8.10. The van der Waals surface area contributed by atoms with Crippen molar-refractivity contribution in [3.05, 3.63) is 202 Å². The highest BCUT2D eigenvalue weighted by molar-refractivity contribution is 6.15. The van der Waals surface area contributed by atoms with Gasteiger partial charge in [0.15, 0.2) is 0 Å². The van der Waals surface area contributed by atoms with Gasteiger partial charge in [-0.25, -0.2) is 31.7 Å². The van der Waals surface area contributed by atoms with Gasteiger partial charge in [0.25, 0.3) is 23.3 Å². The van der Waals surface area contributed by atoms with Gasteiger partial charge in [-0.2, -0.15) is 0 Å². The molecule has 8 nitrogen and oxygen atoms in total. The summed E-state index contributed by atoms with van der Waals surface area (Å²) < 4.78 is 58.0. The minimum absolute atomic E-state index is 0.132. The third-order valence-corrected chi connectivity index (χ3v) is 9.78. The van der Waals surface area contributed by atoms with Gasteiger partial charge in [-0.05, 0) is 108 Å². The monoisotopic (exact) mass is 1050 g/mol. The molecule has 0 amide bonds. The predicted molar refractivity (Wildman–Crippen MR) is 313 cm³/mol. The fraction of sp³-hybridized carbons (Fsp3) is 0.385. The van der Waals surface area contributed by atoms with Crippen molar-refractivity contribution in [1.82, 2.24) is 9.13 Å². The summed E-state index contributed by atoms with van der Waals surface area (Å²) >= 11 is 0. The minimum atomic E-state index is -0.683. The molecule has 0 N–H and O–H groups in total. The molecule has 0 fully saturated rings. The first-order valence-corrected chi connectivity index (χ1v) is 26.2. The van der Waals surface area contributed by atoms with E-state index in [1.54, 1.807) is 76.2 Å². The van der Waals surface area contributed by atoms with Gasteiger partial charge in [0.05, 0.1) is 0 Å². The molecule has 2 aromatic heterocycles. The second kappa shape index (κ2) is 25.8. The van der Waals surface area contributed by atoms with E-state index in [0.29, 0.717) is 43.9 Å². The Balaban J connectivity index is 0.000000208. The van der Waals surface area contributed by atoms with E-state index in [4.69, 9.17) is 20.0 Å². The summed E-state index contributed by atoms with van der Waals surface area (Å²) in [4.78, 5) is 19.3. The lowest BCUT2D eigenvalue weighted by atomic mass is 10.0. The summed E-state index contributed by atoms with van der Waals surface area (Å²) in [5.41, 5.74) is 6.58. The van der Waals surface area contributed by atoms with Gasteiger partial charge < -0.3 is 0 Å². The maximum absolute atomic E-state index is 12.3. The zero-order chi connectivity index (χ0) is 57.8. The molecular formula is C65H84F4N8+2. The molecular weight excluding hydrogens is 969 g/mol. The Morgan fingerprint density at radius 2 is 0.610 bits per heavy atom. The highest BCUT2D eigenvalue weighted by Gasteiger charge is 2.64. The SMILES string of the molecule is C1=CC2=[N+]3C1=NC1=[N+]4C(=Nc5ccc6n5C43n3c(ccc3=N6)=N2)C=C1.CC(C)(C)C.CC(C)(C)C.CC(C)(C)C.CC(C)(C)C.Cc1ccccc1F.Cc1ccccc1F.Cc1ccccc1F.Cc1ccccc1F. The van der Waals surface area contributed by atoms with E-state index in [0.717, 1.165) is 46.0 Å². The molecule has 0 saturated heterocycles. The van der Waals surface area contributed by atoms with Crippen LogP contribution >= 0.6 is 0 Å². The summed E-state index contributed by atoms with van der Waals surface area (Å²) in [5.74, 6) is 4.10. The molecule has 0 saturated carbocycles. The molecule has 0 aliphatic carbocycles. The first-order valence-electron chi connectivity index (χ1n) is 26.2. The van der Waals surface area contributed by atoms with Crippen LogP contribution in [0.25, 0.3) is 0 Å². The molecule has 1 spiro atoms. The van der Waals surface area contributed by atoms with Gasteiger partial charge in [-0.1, -0.05) is 199 Å². The maximum atomic E-state index is 12.3. The highest BCUT2D eigenvalue weighted by Crippen LogP contribution is 2.43. The fourth-order valence-corrected chi connectivity index (χ4v) is 6.86. The molecule has 1 atom stereocenters. The lowest BCUT2D eigenvalue weighted by molar-refractivity contribution is -0.791. The molecule has 0 bridgehead atoms. The van der Waals surface area contributed by atoms with Crippen molar-refractivity contribution in [2.24, 2.45) is 41.6 Å². The number of benzene rings is 4. The van der Waals surface area contributed by atoms with Gasteiger partial charge in [0.1, 0.15) is 34.6 Å². The molecule has 6 aliphatic rings. The Hall–Kier alpha value is -7.08.